The van der Waals surface area contributed by atoms with E-state index >= 15 is 0 Å². The number of benzene rings is 2. The maximum absolute atomic E-state index is 13.5. The van der Waals surface area contributed by atoms with Crippen LogP contribution in [-0.2, 0) is 4.79 Å². The first-order valence-corrected chi connectivity index (χ1v) is 11.6. The maximum atomic E-state index is 13.5. The number of aryl methyl sites for hydroxylation is 1. The highest BCUT2D eigenvalue weighted by Gasteiger charge is 2.25. The largest absolute Gasteiger partial charge is 0.497 e. The summed E-state index contributed by atoms with van der Waals surface area (Å²) in [5, 5.41) is 3.98. The van der Waals surface area contributed by atoms with Gasteiger partial charge in [0, 0.05) is 10.6 Å². The Labute approximate surface area is 180 Å². The van der Waals surface area contributed by atoms with E-state index in [2.05, 4.69) is 10.3 Å². The first kappa shape index (κ1) is 21.3. The number of carbonyl (C=O) groups excluding carboxylic acids is 1. The number of pyridine rings is 1. The van der Waals surface area contributed by atoms with E-state index in [0.29, 0.717) is 0 Å². The summed E-state index contributed by atoms with van der Waals surface area (Å²) in [6.07, 6.45) is 3.98. The maximum Gasteiger partial charge on any atom is 0.236 e. The first-order valence-electron chi connectivity index (χ1n) is 9.16. The summed E-state index contributed by atoms with van der Waals surface area (Å²) in [6, 6.07) is 19.5. The molecule has 1 aromatic heterocycles. The summed E-state index contributed by atoms with van der Waals surface area (Å²) in [6.45, 7) is 1.97. The van der Waals surface area contributed by atoms with Crippen LogP contribution in [0.2, 0.25) is 0 Å². The van der Waals surface area contributed by atoms with Crippen LogP contribution in [0.4, 0.5) is 5.69 Å². The number of thioether (sulfide) groups is 2. The molecule has 1 heterocycles. The zero-order valence-electron chi connectivity index (χ0n) is 16.9. The number of hydrogen-bond acceptors (Lipinski definition) is 5. The summed E-state index contributed by atoms with van der Waals surface area (Å²) in [5.74, 6) is 0.239. The molecule has 0 radical (unpaired) electrons. The number of ether oxygens (including phenoxy) is 1. The molecule has 0 fully saturated rings. The number of nitrogens with zero attached hydrogens (tertiary/aromatic N) is 1. The smallest absolute Gasteiger partial charge is 0.236 e. The summed E-state index contributed by atoms with van der Waals surface area (Å²) in [4.78, 5) is 19.1. The second-order valence-electron chi connectivity index (χ2n) is 6.46. The Kier molecular flexibility index (Phi) is 7.23. The highest BCUT2D eigenvalue weighted by atomic mass is 32.2. The second-order valence-corrected chi connectivity index (χ2v) is 8.10. The fourth-order valence-corrected chi connectivity index (χ4v) is 4.48. The van der Waals surface area contributed by atoms with Crippen molar-refractivity contribution in [1.82, 2.24) is 4.98 Å². The lowest BCUT2D eigenvalue weighted by Crippen LogP contribution is -2.23. The summed E-state index contributed by atoms with van der Waals surface area (Å²) >= 11 is 3.14. The van der Waals surface area contributed by atoms with Gasteiger partial charge in [-0.05, 0) is 48.8 Å². The van der Waals surface area contributed by atoms with Gasteiger partial charge in [0.05, 0.1) is 18.7 Å². The fourth-order valence-electron chi connectivity index (χ4n) is 3.17. The minimum atomic E-state index is -0.437. The molecule has 4 nitrogen and oxygen atoms in total. The van der Waals surface area contributed by atoms with Gasteiger partial charge in [-0.3, -0.25) is 4.79 Å². The van der Waals surface area contributed by atoms with Crippen molar-refractivity contribution in [1.29, 1.82) is 0 Å². The third-order valence-corrected chi connectivity index (χ3v) is 6.03. The zero-order chi connectivity index (χ0) is 20.8. The van der Waals surface area contributed by atoms with Crippen molar-refractivity contribution >= 4 is 35.1 Å². The number of anilines is 1. The lowest BCUT2D eigenvalue weighted by atomic mass is 9.90. The first-order chi connectivity index (χ1) is 14.1. The highest BCUT2D eigenvalue weighted by molar-refractivity contribution is 7.99. The molecule has 0 spiro atoms. The molecule has 3 rings (SSSR count). The van der Waals surface area contributed by atoms with E-state index in [4.69, 9.17) is 4.74 Å². The Balaban J connectivity index is 2.02. The number of amides is 1. The Hall–Kier alpha value is -2.44. The van der Waals surface area contributed by atoms with Gasteiger partial charge in [0.1, 0.15) is 10.8 Å². The molecule has 0 bridgehead atoms. The van der Waals surface area contributed by atoms with Crippen molar-refractivity contribution in [3.8, 4) is 5.75 Å². The molecule has 29 heavy (non-hydrogen) atoms. The van der Waals surface area contributed by atoms with Gasteiger partial charge in [0.15, 0.2) is 0 Å². The van der Waals surface area contributed by atoms with Crippen molar-refractivity contribution in [2.45, 2.75) is 22.8 Å². The van der Waals surface area contributed by atoms with E-state index in [1.165, 1.54) is 11.8 Å². The fraction of sp³-hybridized carbons (Fsp3) is 0.217. The molecule has 0 aliphatic heterocycles. The third-order valence-electron chi connectivity index (χ3n) is 4.58. The van der Waals surface area contributed by atoms with Gasteiger partial charge in [0.2, 0.25) is 5.91 Å². The van der Waals surface area contributed by atoms with Crippen molar-refractivity contribution < 1.29 is 9.53 Å². The molecule has 1 atom stereocenters. The predicted octanol–water partition coefficient (Wildman–Crippen LogP) is 5.61. The molecule has 1 unspecified atom stereocenters. The van der Waals surface area contributed by atoms with Crippen molar-refractivity contribution in [2.75, 3.05) is 24.9 Å². The van der Waals surface area contributed by atoms with E-state index in [1.807, 2.05) is 80.1 Å². The minimum absolute atomic E-state index is 0.0855. The lowest BCUT2D eigenvalue weighted by Gasteiger charge is -2.20. The normalized spacial score (nSPS) is 11.7. The van der Waals surface area contributed by atoms with Crippen molar-refractivity contribution in [2.24, 2.45) is 0 Å². The van der Waals surface area contributed by atoms with Crippen molar-refractivity contribution in [3.05, 3.63) is 77.5 Å². The summed E-state index contributed by atoms with van der Waals surface area (Å²) < 4.78 is 5.27. The van der Waals surface area contributed by atoms with Gasteiger partial charge in [-0.15, -0.1) is 23.5 Å². The number of methoxy groups -OCH3 is 1. The molecule has 6 heteroatoms. The average molecular weight is 425 g/mol. The van der Waals surface area contributed by atoms with E-state index in [9.17, 15) is 4.79 Å². The van der Waals surface area contributed by atoms with Gasteiger partial charge in [-0.25, -0.2) is 4.98 Å². The molecule has 0 saturated carbocycles. The molecular formula is C23H24N2O2S2. The number of aromatic nitrogens is 1. The van der Waals surface area contributed by atoms with Gasteiger partial charge in [0.25, 0.3) is 0 Å². The summed E-state index contributed by atoms with van der Waals surface area (Å²) in [5.41, 5.74) is 3.55. The molecule has 0 saturated heterocycles. The molecule has 3 aromatic rings. The minimum Gasteiger partial charge on any atom is -0.497 e. The molecule has 2 aromatic carbocycles. The molecule has 0 aliphatic rings. The monoisotopic (exact) mass is 424 g/mol. The number of hydrogen-bond donors (Lipinski definition) is 1. The number of carbonyl (C=O) groups is 1. The van der Waals surface area contributed by atoms with Gasteiger partial charge >= 0.3 is 0 Å². The summed E-state index contributed by atoms with van der Waals surface area (Å²) in [7, 11) is 1.63. The van der Waals surface area contributed by atoms with Gasteiger partial charge < -0.3 is 10.1 Å². The predicted molar refractivity (Wildman–Crippen MR) is 122 cm³/mol. The Bertz CT molecular complexity index is 951. The van der Waals surface area contributed by atoms with E-state index in [1.54, 1.807) is 18.9 Å². The molecule has 150 valence electrons. The molecule has 1 amide bonds. The third kappa shape index (κ3) is 4.95. The van der Waals surface area contributed by atoms with Crippen molar-refractivity contribution in [3.63, 3.8) is 0 Å². The lowest BCUT2D eigenvalue weighted by molar-refractivity contribution is -0.116. The average Bonchev–Trinajstić information content (AvgIpc) is 2.76. The van der Waals surface area contributed by atoms with Crippen LogP contribution in [0.15, 0.2) is 70.6 Å². The van der Waals surface area contributed by atoms with Gasteiger partial charge in [-0.2, -0.15) is 0 Å². The number of nitrogens with one attached hydrogen (secondary N) is 1. The Morgan fingerprint density at radius 2 is 1.66 bits per heavy atom. The van der Waals surface area contributed by atoms with Crippen LogP contribution in [-0.4, -0.2) is 30.5 Å². The van der Waals surface area contributed by atoms with Crippen LogP contribution in [0.5, 0.6) is 5.75 Å². The zero-order valence-corrected chi connectivity index (χ0v) is 18.6. The quantitative estimate of drug-likeness (QED) is 0.499. The molecule has 0 aliphatic carbocycles. The van der Waals surface area contributed by atoms with Crippen LogP contribution in [0.25, 0.3) is 0 Å². The van der Waals surface area contributed by atoms with E-state index in [0.717, 1.165) is 38.2 Å². The highest BCUT2D eigenvalue weighted by Crippen LogP contribution is 2.35. The molecule has 1 N–H and O–H groups in total. The van der Waals surface area contributed by atoms with Crippen LogP contribution in [0.3, 0.4) is 0 Å². The van der Waals surface area contributed by atoms with Crippen LogP contribution in [0, 0.1) is 6.92 Å². The number of rotatable bonds is 7. The van der Waals surface area contributed by atoms with E-state index < -0.39 is 5.92 Å². The second kappa shape index (κ2) is 9.85. The van der Waals surface area contributed by atoms with Crippen LogP contribution < -0.4 is 10.1 Å². The van der Waals surface area contributed by atoms with Gasteiger partial charge in [-0.1, -0.05) is 42.5 Å². The topological polar surface area (TPSA) is 51.2 Å². The Morgan fingerprint density at radius 3 is 2.24 bits per heavy atom. The Morgan fingerprint density at radius 1 is 1.00 bits per heavy atom. The van der Waals surface area contributed by atoms with E-state index in [-0.39, 0.29) is 5.91 Å². The van der Waals surface area contributed by atoms with Crippen LogP contribution in [0.1, 0.15) is 22.7 Å². The standard InChI is InChI=1S/C23H24N2O2S2/c1-15-14-19(28-3)21(23(24-15)29-4)25-22(26)20(16-8-6-5-7-9-16)17-10-12-18(27-2)13-11-17/h5-14,20H,1-4H3,(H,25,26). The SMILES string of the molecule is COc1ccc(C(C(=O)Nc2c(SC)cc(C)nc2SC)c2ccccc2)cc1. The van der Waals surface area contributed by atoms with Crippen LogP contribution >= 0.6 is 23.5 Å². The molecular weight excluding hydrogens is 400 g/mol.